The molecule has 0 aliphatic carbocycles. The molecule has 0 saturated heterocycles. The van der Waals surface area contributed by atoms with Gasteiger partial charge in [0.05, 0.1) is 6.04 Å². The molecule has 1 aliphatic rings. The molecule has 3 rings (SSSR count). The van der Waals surface area contributed by atoms with Crippen LogP contribution in [0.2, 0.25) is 5.02 Å². The van der Waals surface area contributed by atoms with Crippen LogP contribution < -0.4 is 16.0 Å². The SMILES string of the molecule is NNC(Cc1cc(F)ccc1Cl)C1Cc2ccccc2O1. The number of fused-ring (bicyclic) bond motifs is 1. The number of hydrazine groups is 1. The van der Waals surface area contributed by atoms with Crippen molar-refractivity contribution in [2.45, 2.75) is 25.0 Å². The Balaban J connectivity index is 1.76. The second-order valence-electron chi connectivity index (χ2n) is 5.18. The minimum absolute atomic E-state index is 0.0910. The summed E-state index contributed by atoms with van der Waals surface area (Å²) < 4.78 is 19.3. The number of hydrogen-bond donors (Lipinski definition) is 2. The summed E-state index contributed by atoms with van der Waals surface area (Å²) in [4.78, 5) is 0. The molecule has 2 unspecified atom stereocenters. The fourth-order valence-corrected chi connectivity index (χ4v) is 2.86. The van der Waals surface area contributed by atoms with Crippen molar-refractivity contribution < 1.29 is 9.13 Å². The largest absolute Gasteiger partial charge is 0.488 e. The first-order valence-electron chi connectivity index (χ1n) is 6.82. The molecule has 0 amide bonds. The third kappa shape index (κ3) is 3.02. The van der Waals surface area contributed by atoms with Gasteiger partial charge in [-0.2, -0.15) is 0 Å². The van der Waals surface area contributed by atoms with E-state index in [2.05, 4.69) is 5.43 Å². The van der Waals surface area contributed by atoms with E-state index in [4.69, 9.17) is 22.2 Å². The molecule has 5 heteroatoms. The minimum Gasteiger partial charge on any atom is -0.488 e. The third-order valence-corrected chi connectivity index (χ3v) is 4.15. The first-order valence-corrected chi connectivity index (χ1v) is 7.20. The maximum absolute atomic E-state index is 13.4. The average molecular weight is 307 g/mol. The Morgan fingerprint density at radius 2 is 2.14 bits per heavy atom. The van der Waals surface area contributed by atoms with Crippen molar-refractivity contribution in [1.82, 2.24) is 5.43 Å². The van der Waals surface area contributed by atoms with Crippen LogP contribution in [-0.4, -0.2) is 12.1 Å². The number of halogens is 2. The molecule has 0 spiro atoms. The Kier molecular flexibility index (Phi) is 4.10. The highest BCUT2D eigenvalue weighted by Crippen LogP contribution is 2.30. The zero-order chi connectivity index (χ0) is 14.8. The zero-order valence-electron chi connectivity index (χ0n) is 11.4. The molecular formula is C16H16ClFN2O. The van der Waals surface area contributed by atoms with Gasteiger partial charge in [-0.3, -0.25) is 11.3 Å². The predicted octanol–water partition coefficient (Wildman–Crippen LogP) is 2.86. The van der Waals surface area contributed by atoms with Gasteiger partial charge < -0.3 is 4.74 Å². The Labute approximate surface area is 127 Å². The topological polar surface area (TPSA) is 47.3 Å². The van der Waals surface area contributed by atoms with Crippen LogP contribution in [0, 0.1) is 5.82 Å². The second kappa shape index (κ2) is 6.02. The van der Waals surface area contributed by atoms with Gasteiger partial charge in [0, 0.05) is 11.4 Å². The van der Waals surface area contributed by atoms with Gasteiger partial charge in [-0.1, -0.05) is 29.8 Å². The maximum atomic E-state index is 13.4. The Bertz CT molecular complexity index is 625. The Hall–Kier alpha value is -1.62. The first kappa shape index (κ1) is 14.3. The van der Waals surface area contributed by atoms with Crippen molar-refractivity contribution >= 4 is 11.6 Å². The van der Waals surface area contributed by atoms with Crippen molar-refractivity contribution in [3.63, 3.8) is 0 Å². The molecule has 3 nitrogen and oxygen atoms in total. The number of rotatable bonds is 4. The molecule has 0 bridgehead atoms. The molecule has 1 aliphatic heterocycles. The number of ether oxygens (including phenoxy) is 1. The van der Waals surface area contributed by atoms with E-state index < -0.39 is 0 Å². The zero-order valence-corrected chi connectivity index (χ0v) is 12.1. The van der Waals surface area contributed by atoms with Crippen LogP contribution in [0.4, 0.5) is 4.39 Å². The molecule has 110 valence electrons. The summed E-state index contributed by atoms with van der Waals surface area (Å²) in [5, 5.41) is 0.534. The molecule has 2 aromatic carbocycles. The predicted molar refractivity (Wildman–Crippen MR) is 80.8 cm³/mol. The highest BCUT2D eigenvalue weighted by Gasteiger charge is 2.30. The van der Waals surface area contributed by atoms with Gasteiger partial charge in [0.2, 0.25) is 0 Å². The Morgan fingerprint density at radius 3 is 2.90 bits per heavy atom. The number of hydrogen-bond acceptors (Lipinski definition) is 3. The summed E-state index contributed by atoms with van der Waals surface area (Å²) in [5.74, 6) is 6.23. The summed E-state index contributed by atoms with van der Waals surface area (Å²) in [6.45, 7) is 0. The van der Waals surface area contributed by atoms with Crippen molar-refractivity contribution in [1.29, 1.82) is 0 Å². The van der Waals surface area contributed by atoms with Crippen LogP contribution in [0.5, 0.6) is 5.75 Å². The Morgan fingerprint density at radius 1 is 1.33 bits per heavy atom. The van der Waals surface area contributed by atoms with E-state index in [0.29, 0.717) is 11.4 Å². The van der Waals surface area contributed by atoms with Gasteiger partial charge in [0.25, 0.3) is 0 Å². The fraction of sp³-hybridized carbons (Fsp3) is 0.250. The third-order valence-electron chi connectivity index (χ3n) is 3.78. The minimum atomic E-state index is -0.305. The van der Waals surface area contributed by atoms with Crippen molar-refractivity contribution in [3.8, 4) is 5.75 Å². The maximum Gasteiger partial charge on any atom is 0.123 e. The van der Waals surface area contributed by atoms with E-state index in [1.807, 2.05) is 24.3 Å². The van der Waals surface area contributed by atoms with Gasteiger partial charge in [0.15, 0.2) is 0 Å². The highest BCUT2D eigenvalue weighted by atomic mass is 35.5. The number of benzene rings is 2. The molecule has 2 aromatic rings. The van der Waals surface area contributed by atoms with Crippen molar-refractivity contribution in [2.75, 3.05) is 0 Å². The smallest absolute Gasteiger partial charge is 0.123 e. The van der Waals surface area contributed by atoms with Crippen molar-refractivity contribution in [2.24, 2.45) is 5.84 Å². The van der Waals surface area contributed by atoms with Gasteiger partial charge in [-0.05, 0) is 41.8 Å². The van der Waals surface area contributed by atoms with Gasteiger partial charge in [-0.15, -0.1) is 0 Å². The quantitative estimate of drug-likeness (QED) is 0.674. The lowest BCUT2D eigenvalue weighted by atomic mass is 9.98. The molecule has 0 saturated carbocycles. The molecule has 2 atom stereocenters. The highest BCUT2D eigenvalue weighted by molar-refractivity contribution is 6.31. The van der Waals surface area contributed by atoms with Crippen LogP contribution in [0.15, 0.2) is 42.5 Å². The molecule has 3 N–H and O–H groups in total. The molecule has 1 heterocycles. The summed E-state index contributed by atoms with van der Waals surface area (Å²) >= 11 is 6.12. The van der Waals surface area contributed by atoms with Gasteiger partial charge in [-0.25, -0.2) is 4.39 Å². The lowest BCUT2D eigenvalue weighted by Gasteiger charge is -2.23. The van der Waals surface area contributed by atoms with E-state index in [0.717, 1.165) is 23.3 Å². The average Bonchev–Trinajstić information content (AvgIpc) is 2.91. The molecular weight excluding hydrogens is 291 g/mol. The molecule has 21 heavy (non-hydrogen) atoms. The van der Waals surface area contributed by atoms with E-state index in [9.17, 15) is 4.39 Å². The van der Waals surface area contributed by atoms with E-state index in [1.54, 1.807) is 6.07 Å². The number of nitrogens with two attached hydrogens (primary N) is 1. The van der Waals surface area contributed by atoms with Gasteiger partial charge in [0.1, 0.15) is 17.7 Å². The van der Waals surface area contributed by atoms with E-state index >= 15 is 0 Å². The summed E-state index contributed by atoms with van der Waals surface area (Å²) in [6, 6.07) is 12.1. The summed E-state index contributed by atoms with van der Waals surface area (Å²) in [7, 11) is 0. The molecule has 0 radical (unpaired) electrons. The monoisotopic (exact) mass is 306 g/mol. The van der Waals surface area contributed by atoms with Crippen LogP contribution in [0.1, 0.15) is 11.1 Å². The lowest BCUT2D eigenvalue weighted by Crippen LogP contribution is -2.47. The van der Waals surface area contributed by atoms with Crippen LogP contribution >= 0.6 is 11.6 Å². The standard InChI is InChI=1S/C16H16ClFN2O/c17-13-6-5-12(18)7-11(13)8-14(20-19)16-9-10-3-1-2-4-15(10)21-16/h1-7,14,16,20H,8-9,19H2. The lowest BCUT2D eigenvalue weighted by molar-refractivity contribution is 0.177. The normalized spacial score (nSPS) is 18.1. The van der Waals surface area contributed by atoms with Crippen LogP contribution in [0.3, 0.4) is 0 Å². The molecule has 0 aromatic heterocycles. The number of nitrogens with one attached hydrogen (secondary N) is 1. The second-order valence-corrected chi connectivity index (χ2v) is 5.59. The first-order chi connectivity index (χ1) is 10.2. The van der Waals surface area contributed by atoms with E-state index in [-0.39, 0.29) is 18.0 Å². The van der Waals surface area contributed by atoms with Crippen LogP contribution in [-0.2, 0) is 12.8 Å². The van der Waals surface area contributed by atoms with E-state index in [1.165, 1.54) is 12.1 Å². The molecule has 0 fully saturated rings. The van der Waals surface area contributed by atoms with Crippen molar-refractivity contribution in [3.05, 3.63) is 64.4 Å². The fourth-order valence-electron chi connectivity index (χ4n) is 2.67. The number of para-hydroxylation sites is 1. The van der Waals surface area contributed by atoms with Gasteiger partial charge >= 0.3 is 0 Å². The summed E-state index contributed by atoms with van der Waals surface area (Å²) in [6.07, 6.45) is 1.19. The summed E-state index contributed by atoms with van der Waals surface area (Å²) in [5.41, 5.74) is 4.65. The van der Waals surface area contributed by atoms with Crippen LogP contribution in [0.25, 0.3) is 0 Å².